The number of pyridine rings is 1. The fourth-order valence-corrected chi connectivity index (χ4v) is 4.33. The Morgan fingerprint density at radius 3 is 2.40 bits per heavy atom. The summed E-state index contributed by atoms with van der Waals surface area (Å²) in [5.74, 6) is -1.57. The molecule has 2 heterocycles. The third-order valence-corrected chi connectivity index (χ3v) is 6.13. The van der Waals surface area contributed by atoms with E-state index in [1.165, 1.54) is 22.9 Å². The van der Waals surface area contributed by atoms with Gasteiger partial charge in [-0.25, -0.2) is 4.39 Å². The third kappa shape index (κ3) is 4.05. The molecule has 0 bridgehead atoms. The first-order valence-electron chi connectivity index (χ1n) is 11.0. The molecule has 35 heavy (non-hydrogen) atoms. The standard InChI is InChI=1S/C27H20F3NO4/c1-3-16-8-9-17(10-15(16)2)25(32)20-14-31(13-18-6-4-5-7-21(18)28)22-12-24-23(11-19(22)26(20)33)34-27(29,30)35-24/h4-12,14H,3,13H2,1-2H3. The number of alkyl halides is 2. The number of aryl methyl sites for hydroxylation is 2. The van der Waals surface area contributed by atoms with Gasteiger partial charge in [0.1, 0.15) is 5.82 Å². The number of halogens is 3. The number of fused-ring (bicyclic) bond motifs is 2. The van der Waals surface area contributed by atoms with Gasteiger partial charge in [0.2, 0.25) is 5.43 Å². The van der Waals surface area contributed by atoms with E-state index in [9.17, 15) is 22.8 Å². The van der Waals surface area contributed by atoms with Gasteiger partial charge in [0.05, 0.1) is 23.0 Å². The molecule has 0 saturated carbocycles. The Bertz CT molecular complexity index is 1560. The van der Waals surface area contributed by atoms with Gasteiger partial charge in [0.25, 0.3) is 0 Å². The van der Waals surface area contributed by atoms with Crippen LogP contribution in [-0.2, 0) is 13.0 Å². The predicted octanol–water partition coefficient (Wildman–Crippen LogP) is 5.61. The second-order valence-electron chi connectivity index (χ2n) is 8.40. The Hall–Kier alpha value is -4.07. The van der Waals surface area contributed by atoms with Crippen LogP contribution in [0.4, 0.5) is 13.2 Å². The Labute approximate surface area is 198 Å². The lowest BCUT2D eigenvalue weighted by molar-refractivity contribution is -0.286. The van der Waals surface area contributed by atoms with Gasteiger partial charge in [-0.05, 0) is 42.7 Å². The molecule has 5 nitrogen and oxygen atoms in total. The van der Waals surface area contributed by atoms with Gasteiger partial charge in [-0.1, -0.05) is 37.3 Å². The quantitative estimate of drug-likeness (QED) is 0.349. The Kier molecular flexibility index (Phi) is 5.39. The topological polar surface area (TPSA) is 57.5 Å². The number of rotatable bonds is 5. The third-order valence-electron chi connectivity index (χ3n) is 6.13. The number of aromatic nitrogens is 1. The Balaban J connectivity index is 1.71. The van der Waals surface area contributed by atoms with E-state index in [2.05, 4.69) is 9.47 Å². The van der Waals surface area contributed by atoms with Gasteiger partial charge in [-0.2, -0.15) is 0 Å². The normalized spacial score (nSPS) is 13.9. The van der Waals surface area contributed by atoms with E-state index in [1.54, 1.807) is 30.3 Å². The number of ether oxygens (including phenoxy) is 2. The van der Waals surface area contributed by atoms with Crippen LogP contribution in [0, 0.1) is 12.7 Å². The van der Waals surface area contributed by atoms with E-state index < -0.39 is 23.3 Å². The molecular formula is C27H20F3NO4. The lowest BCUT2D eigenvalue weighted by atomic mass is 9.97. The van der Waals surface area contributed by atoms with E-state index in [0.29, 0.717) is 11.1 Å². The number of hydrogen-bond donors (Lipinski definition) is 0. The van der Waals surface area contributed by atoms with E-state index in [1.807, 2.05) is 19.9 Å². The monoisotopic (exact) mass is 479 g/mol. The predicted molar refractivity (Wildman–Crippen MR) is 124 cm³/mol. The van der Waals surface area contributed by atoms with Crippen molar-refractivity contribution in [1.82, 2.24) is 4.57 Å². The van der Waals surface area contributed by atoms with Crippen molar-refractivity contribution in [1.29, 1.82) is 0 Å². The van der Waals surface area contributed by atoms with Crippen molar-refractivity contribution in [3.63, 3.8) is 0 Å². The highest BCUT2D eigenvalue weighted by atomic mass is 19.3. The molecule has 0 radical (unpaired) electrons. The van der Waals surface area contributed by atoms with Crippen LogP contribution in [0.25, 0.3) is 10.9 Å². The molecule has 4 aromatic rings. The van der Waals surface area contributed by atoms with Gasteiger partial charge in [-0.15, -0.1) is 8.78 Å². The second-order valence-corrected chi connectivity index (χ2v) is 8.40. The minimum Gasteiger partial charge on any atom is -0.395 e. The molecule has 8 heteroatoms. The van der Waals surface area contributed by atoms with Gasteiger partial charge >= 0.3 is 6.29 Å². The van der Waals surface area contributed by atoms with E-state index in [0.717, 1.165) is 23.6 Å². The fourth-order valence-electron chi connectivity index (χ4n) is 4.33. The number of ketones is 1. The van der Waals surface area contributed by atoms with Crippen molar-refractivity contribution in [2.45, 2.75) is 33.1 Å². The Morgan fingerprint density at radius 1 is 1.00 bits per heavy atom. The molecule has 3 aromatic carbocycles. The van der Waals surface area contributed by atoms with Crippen LogP contribution in [0.1, 0.15) is 39.5 Å². The average molecular weight is 479 g/mol. The summed E-state index contributed by atoms with van der Waals surface area (Å²) >= 11 is 0. The highest BCUT2D eigenvalue weighted by Gasteiger charge is 2.44. The van der Waals surface area contributed by atoms with Crippen molar-refractivity contribution >= 4 is 16.7 Å². The molecule has 1 aliphatic heterocycles. The SMILES string of the molecule is CCc1ccc(C(=O)c2cn(Cc3ccccc3F)c3cc4c(cc3c2=O)OC(F)(F)O4)cc1C. The largest absolute Gasteiger partial charge is 0.586 e. The molecule has 1 aromatic heterocycles. The molecule has 178 valence electrons. The van der Waals surface area contributed by atoms with E-state index >= 15 is 0 Å². The lowest BCUT2D eigenvalue weighted by Crippen LogP contribution is -2.25. The molecular weight excluding hydrogens is 459 g/mol. The Morgan fingerprint density at radius 2 is 1.71 bits per heavy atom. The van der Waals surface area contributed by atoms with Crippen LogP contribution in [0.15, 0.2) is 65.6 Å². The number of carbonyl (C=O) groups is 1. The number of carbonyl (C=O) groups excluding carboxylic acids is 1. The van der Waals surface area contributed by atoms with Gasteiger partial charge in [0.15, 0.2) is 17.3 Å². The first-order chi connectivity index (χ1) is 16.7. The summed E-state index contributed by atoms with van der Waals surface area (Å²) in [6.07, 6.45) is -1.75. The highest BCUT2D eigenvalue weighted by Crippen LogP contribution is 2.42. The van der Waals surface area contributed by atoms with Crippen LogP contribution >= 0.6 is 0 Å². The molecule has 0 unspecified atom stereocenters. The van der Waals surface area contributed by atoms with Crippen LogP contribution in [-0.4, -0.2) is 16.6 Å². The summed E-state index contributed by atoms with van der Waals surface area (Å²) in [5, 5.41) is -0.0193. The maximum absolute atomic E-state index is 14.4. The molecule has 0 N–H and O–H groups in total. The average Bonchev–Trinajstić information content (AvgIpc) is 3.13. The van der Waals surface area contributed by atoms with Crippen molar-refractivity contribution in [3.8, 4) is 11.5 Å². The summed E-state index contributed by atoms with van der Waals surface area (Å²) in [6.45, 7) is 3.84. The number of nitrogens with zero attached hydrogens (tertiary/aromatic N) is 1. The molecule has 0 spiro atoms. The van der Waals surface area contributed by atoms with Gasteiger partial charge in [-0.3, -0.25) is 9.59 Å². The first-order valence-corrected chi connectivity index (χ1v) is 11.0. The molecule has 0 amide bonds. The molecule has 5 rings (SSSR count). The van der Waals surface area contributed by atoms with Crippen molar-refractivity contribution < 1.29 is 27.4 Å². The van der Waals surface area contributed by atoms with E-state index in [-0.39, 0.29) is 34.5 Å². The van der Waals surface area contributed by atoms with Crippen LogP contribution < -0.4 is 14.9 Å². The summed E-state index contributed by atoms with van der Waals surface area (Å²) in [6, 6.07) is 13.6. The van der Waals surface area contributed by atoms with Crippen molar-refractivity contribution in [2.24, 2.45) is 0 Å². The van der Waals surface area contributed by atoms with Crippen molar-refractivity contribution in [2.75, 3.05) is 0 Å². The molecule has 1 aliphatic rings. The van der Waals surface area contributed by atoms with Gasteiger partial charge in [0, 0.05) is 23.4 Å². The minimum atomic E-state index is -3.88. The maximum Gasteiger partial charge on any atom is 0.586 e. The fraction of sp³-hybridized carbons (Fsp3) is 0.185. The molecule has 0 saturated heterocycles. The maximum atomic E-state index is 14.4. The molecule has 0 fully saturated rings. The summed E-state index contributed by atoms with van der Waals surface area (Å²) in [5.41, 5.74) is 1.99. The highest BCUT2D eigenvalue weighted by molar-refractivity contribution is 6.10. The zero-order chi connectivity index (χ0) is 24.9. The summed E-state index contributed by atoms with van der Waals surface area (Å²) in [7, 11) is 0. The van der Waals surface area contributed by atoms with Gasteiger partial charge < -0.3 is 14.0 Å². The van der Waals surface area contributed by atoms with Crippen molar-refractivity contribution in [3.05, 3.63) is 105 Å². The second kappa shape index (κ2) is 8.30. The van der Waals surface area contributed by atoms with E-state index in [4.69, 9.17) is 0 Å². The zero-order valence-electron chi connectivity index (χ0n) is 18.9. The smallest absolute Gasteiger partial charge is 0.395 e. The van der Waals surface area contributed by atoms with Crippen LogP contribution in [0.2, 0.25) is 0 Å². The van der Waals surface area contributed by atoms with Crippen LogP contribution in [0.3, 0.4) is 0 Å². The molecule has 0 aliphatic carbocycles. The number of hydrogen-bond acceptors (Lipinski definition) is 4. The number of benzene rings is 3. The van der Waals surface area contributed by atoms with Crippen LogP contribution in [0.5, 0.6) is 11.5 Å². The summed E-state index contributed by atoms with van der Waals surface area (Å²) in [4.78, 5) is 26.8. The lowest BCUT2D eigenvalue weighted by Gasteiger charge is -2.15. The minimum absolute atomic E-state index is 0.0193. The zero-order valence-corrected chi connectivity index (χ0v) is 18.9. The molecule has 0 atom stereocenters. The summed E-state index contributed by atoms with van der Waals surface area (Å²) < 4.78 is 52.3. The first kappa shape index (κ1) is 22.7.